The van der Waals surface area contributed by atoms with E-state index in [0.717, 1.165) is 5.69 Å². The molecular formula is C25H21FN4O4. The minimum absolute atomic E-state index is 0.0256. The summed E-state index contributed by atoms with van der Waals surface area (Å²) in [4.78, 5) is 23.2. The number of non-ortho nitro benzene ring substituents is 1. The molecule has 9 heteroatoms. The standard InChI is InChI=1S/C25H21FN4O4/c1-34-23-12-7-17(13-22(23)26)15-27-24(31)14-19-16-29(20-5-3-2-4-6-20)28-25(19)18-8-10-21(11-9-18)30(32)33/h2-13,16H,14-15H2,1H3,(H,27,31). The van der Waals surface area contributed by atoms with Crippen LogP contribution >= 0.6 is 0 Å². The Hall–Kier alpha value is -4.53. The van der Waals surface area contributed by atoms with Crippen molar-refractivity contribution in [3.63, 3.8) is 0 Å². The van der Waals surface area contributed by atoms with Crippen molar-refractivity contribution in [3.05, 3.63) is 106 Å². The second-order valence-electron chi connectivity index (χ2n) is 7.51. The van der Waals surface area contributed by atoms with Gasteiger partial charge in [0.15, 0.2) is 11.6 Å². The Bertz CT molecular complexity index is 1320. The van der Waals surface area contributed by atoms with Crippen LogP contribution in [0.3, 0.4) is 0 Å². The lowest BCUT2D eigenvalue weighted by Gasteiger charge is -2.08. The average molecular weight is 460 g/mol. The first kappa shape index (κ1) is 22.7. The number of nitrogens with one attached hydrogen (secondary N) is 1. The molecule has 8 nitrogen and oxygen atoms in total. The van der Waals surface area contributed by atoms with Crippen LogP contribution in [0.4, 0.5) is 10.1 Å². The Labute approximate surface area is 194 Å². The maximum Gasteiger partial charge on any atom is 0.269 e. The van der Waals surface area contributed by atoms with E-state index in [-0.39, 0.29) is 30.3 Å². The fourth-order valence-corrected chi connectivity index (χ4v) is 3.49. The number of halogens is 1. The number of amides is 1. The van der Waals surface area contributed by atoms with Crippen LogP contribution in [-0.2, 0) is 17.8 Å². The zero-order valence-electron chi connectivity index (χ0n) is 18.3. The normalized spacial score (nSPS) is 10.6. The number of benzene rings is 3. The van der Waals surface area contributed by atoms with Gasteiger partial charge in [-0.05, 0) is 42.0 Å². The Morgan fingerprint density at radius 3 is 2.50 bits per heavy atom. The molecule has 3 aromatic carbocycles. The lowest BCUT2D eigenvalue weighted by molar-refractivity contribution is -0.384. The van der Waals surface area contributed by atoms with Gasteiger partial charge in [-0.25, -0.2) is 9.07 Å². The van der Waals surface area contributed by atoms with Crippen molar-refractivity contribution in [3.8, 4) is 22.7 Å². The molecule has 0 spiro atoms. The van der Waals surface area contributed by atoms with Gasteiger partial charge in [0.25, 0.3) is 5.69 Å². The molecule has 0 aliphatic heterocycles. The van der Waals surface area contributed by atoms with Gasteiger partial charge in [-0.2, -0.15) is 5.10 Å². The molecule has 0 radical (unpaired) electrons. The Morgan fingerprint density at radius 1 is 1.12 bits per heavy atom. The highest BCUT2D eigenvalue weighted by molar-refractivity contribution is 5.81. The molecular weight excluding hydrogens is 439 g/mol. The van der Waals surface area contributed by atoms with E-state index in [2.05, 4.69) is 10.4 Å². The number of rotatable bonds is 8. The number of para-hydroxylation sites is 1. The minimum atomic E-state index is -0.501. The number of nitro groups is 1. The summed E-state index contributed by atoms with van der Waals surface area (Å²) in [5.41, 5.74) is 3.23. The van der Waals surface area contributed by atoms with Crippen LogP contribution in [0, 0.1) is 15.9 Å². The largest absolute Gasteiger partial charge is 0.494 e. The molecule has 0 aliphatic rings. The third-order valence-corrected chi connectivity index (χ3v) is 5.22. The summed E-state index contributed by atoms with van der Waals surface area (Å²) < 4.78 is 20.5. The van der Waals surface area contributed by atoms with Gasteiger partial charge in [0.2, 0.25) is 5.91 Å². The van der Waals surface area contributed by atoms with E-state index in [1.807, 2.05) is 30.3 Å². The molecule has 1 N–H and O–H groups in total. The number of hydrogen-bond acceptors (Lipinski definition) is 5. The van der Waals surface area contributed by atoms with E-state index in [1.54, 1.807) is 29.1 Å². The van der Waals surface area contributed by atoms with Crippen molar-refractivity contribution in [1.82, 2.24) is 15.1 Å². The SMILES string of the molecule is COc1ccc(CNC(=O)Cc2cn(-c3ccccc3)nc2-c2ccc([N+](=O)[O-])cc2)cc1F. The molecule has 1 heterocycles. The first-order valence-corrected chi connectivity index (χ1v) is 10.4. The fraction of sp³-hybridized carbons (Fsp3) is 0.120. The molecule has 0 bridgehead atoms. The summed E-state index contributed by atoms with van der Waals surface area (Å²) in [7, 11) is 1.39. The van der Waals surface area contributed by atoms with Gasteiger partial charge in [-0.1, -0.05) is 24.3 Å². The number of carbonyl (C=O) groups is 1. The predicted molar refractivity (Wildman–Crippen MR) is 124 cm³/mol. The summed E-state index contributed by atoms with van der Waals surface area (Å²) in [6.45, 7) is 0.152. The smallest absolute Gasteiger partial charge is 0.269 e. The summed E-state index contributed by atoms with van der Waals surface area (Å²) in [5, 5.41) is 18.4. The molecule has 4 rings (SSSR count). The van der Waals surface area contributed by atoms with Crippen LogP contribution in [0.15, 0.2) is 79.0 Å². The molecule has 172 valence electrons. The molecule has 1 aromatic heterocycles. The number of nitrogens with zero attached hydrogens (tertiary/aromatic N) is 3. The Kier molecular flexibility index (Phi) is 6.63. The molecule has 0 fully saturated rings. The maximum absolute atomic E-state index is 13.9. The van der Waals surface area contributed by atoms with Crippen molar-refractivity contribution >= 4 is 11.6 Å². The Balaban J connectivity index is 1.56. The summed E-state index contributed by atoms with van der Waals surface area (Å²) >= 11 is 0. The predicted octanol–water partition coefficient (Wildman–Crippen LogP) is 4.45. The van der Waals surface area contributed by atoms with Gasteiger partial charge < -0.3 is 10.1 Å². The van der Waals surface area contributed by atoms with E-state index < -0.39 is 10.7 Å². The molecule has 34 heavy (non-hydrogen) atoms. The third kappa shape index (κ3) is 5.09. The lowest BCUT2D eigenvalue weighted by atomic mass is 10.1. The third-order valence-electron chi connectivity index (χ3n) is 5.22. The van der Waals surface area contributed by atoms with Gasteiger partial charge in [-0.15, -0.1) is 0 Å². The van der Waals surface area contributed by atoms with Gasteiger partial charge in [0.1, 0.15) is 0 Å². The summed E-state index contributed by atoms with van der Waals surface area (Å²) in [6.07, 6.45) is 1.79. The number of methoxy groups -OCH3 is 1. The molecule has 0 aliphatic carbocycles. The molecule has 4 aromatic rings. The van der Waals surface area contributed by atoms with E-state index in [4.69, 9.17) is 4.74 Å². The van der Waals surface area contributed by atoms with Crippen molar-refractivity contribution in [1.29, 1.82) is 0 Å². The van der Waals surface area contributed by atoms with Crippen molar-refractivity contribution in [2.45, 2.75) is 13.0 Å². The van der Waals surface area contributed by atoms with Crippen LogP contribution in [-0.4, -0.2) is 27.7 Å². The lowest BCUT2D eigenvalue weighted by Crippen LogP contribution is -2.24. The second kappa shape index (κ2) is 9.95. The topological polar surface area (TPSA) is 99.3 Å². The van der Waals surface area contributed by atoms with Crippen LogP contribution < -0.4 is 10.1 Å². The Morgan fingerprint density at radius 2 is 1.85 bits per heavy atom. The van der Waals surface area contributed by atoms with E-state index in [0.29, 0.717) is 22.4 Å². The van der Waals surface area contributed by atoms with Crippen LogP contribution in [0.2, 0.25) is 0 Å². The first-order chi connectivity index (χ1) is 16.4. The van der Waals surface area contributed by atoms with Crippen molar-refractivity contribution < 1.29 is 18.8 Å². The van der Waals surface area contributed by atoms with Gasteiger partial charge in [0, 0.05) is 36.0 Å². The maximum atomic E-state index is 13.9. The average Bonchev–Trinajstić information content (AvgIpc) is 3.27. The quantitative estimate of drug-likeness (QED) is 0.309. The van der Waals surface area contributed by atoms with Crippen LogP contribution in [0.1, 0.15) is 11.1 Å². The van der Waals surface area contributed by atoms with Crippen molar-refractivity contribution in [2.24, 2.45) is 0 Å². The number of ether oxygens (including phenoxy) is 1. The number of nitro benzene ring substituents is 1. The number of hydrogen-bond donors (Lipinski definition) is 1. The molecule has 0 unspecified atom stereocenters. The van der Waals surface area contributed by atoms with Gasteiger partial charge >= 0.3 is 0 Å². The van der Waals surface area contributed by atoms with Crippen LogP contribution in [0.25, 0.3) is 16.9 Å². The van der Waals surface area contributed by atoms with E-state index in [1.165, 1.54) is 31.4 Å². The summed E-state index contributed by atoms with van der Waals surface area (Å²) in [5.74, 6) is -0.637. The molecule has 0 saturated heterocycles. The highest BCUT2D eigenvalue weighted by Gasteiger charge is 2.17. The number of carbonyl (C=O) groups excluding carboxylic acids is 1. The molecule has 1 amide bonds. The summed E-state index contributed by atoms with van der Waals surface area (Å²) in [6, 6.07) is 19.9. The highest BCUT2D eigenvalue weighted by Crippen LogP contribution is 2.26. The second-order valence-corrected chi connectivity index (χ2v) is 7.51. The zero-order chi connectivity index (χ0) is 24.1. The number of aromatic nitrogens is 2. The molecule has 0 atom stereocenters. The minimum Gasteiger partial charge on any atom is -0.494 e. The first-order valence-electron chi connectivity index (χ1n) is 10.4. The van der Waals surface area contributed by atoms with E-state index in [9.17, 15) is 19.3 Å². The van der Waals surface area contributed by atoms with E-state index >= 15 is 0 Å². The van der Waals surface area contributed by atoms with Gasteiger partial charge in [0.05, 0.1) is 29.8 Å². The highest BCUT2D eigenvalue weighted by atomic mass is 19.1. The monoisotopic (exact) mass is 460 g/mol. The molecule has 0 saturated carbocycles. The zero-order valence-corrected chi connectivity index (χ0v) is 18.3. The van der Waals surface area contributed by atoms with Crippen molar-refractivity contribution in [2.75, 3.05) is 7.11 Å². The fourth-order valence-electron chi connectivity index (χ4n) is 3.49. The van der Waals surface area contributed by atoms with Crippen LogP contribution in [0.5, 0.6) is 5.75 Å². The van der Waals surface area contributed by atoms with Gasteiger partial charge in [-0.3, -0.25) is 14.9 Å².